The summed E-state index contributed by atoms with van der Waals surface area (Å²) in [7, 11) is 0. The zero-order valence-corrected chi connectivity index (χ0v) is 11.7. The van der Waals surface area contributed by atoms with Crippen molar-refractivity contribution in [1.29, 1.82) is 0 Å². The molecule has 2 unspecified atom stereocenters. The molecule has 5 nitrogen and oxygen atoms in total. The Morgan fingerprint density at radius 1 is 1.52 bits per heavy atom. The van der Waals surface area contributed by atoms with Gasteiger partial charge in [-0.05, 0) is 37.6 Å². The number of ether oxygens (including phenoxy) is 1. The Labute approximate surface area is 122 Å². The van der Waals surface area contributed by atoms with Crippen molar-refractivity contribution in [2.24, 2.45) is 0 Å². The lowest BCUT2D eigenvalue weighted by molar-refractivity contribution is -0.0415. The minimum absolute atomic E-state index is 0.0397. The van der Waals surface area contributed by atoms with Crippen molar-refractivity contribution < 1.29 is 19.0 Å². The SMILES string of the molecule is O=C(O)c1ccc(NCC2CN3CCCC3CO2)c(F)c1. The number of carboxylic acid groups (broad SMARTS) is 1. The number of carbonyl (C=O) groups is 1. The third-order valence-electron chi connectivity index (χ3n) is 4.20. The minimum atomic E-state index is -1.13. The lowest BCUT2D eigenvalue weighted by Gasteiger charge is -2.35. The number of morpholine rings is 1. The molecule has 114 valence electrons. The highest BCUT2D eigenvalue weighted by molar-refractivity contribution is 5.88. The summed E-state index contributed by atoms with van der Waals surface area (Å²) in [5.41, 5.74) is 0.263. The zero-order valence-electron chi connectivity index (χ0n) is 11.7. The van der Waals surface area contributed by atoms with E-state index in [0.717, 1.165) is 25.8 Å². The number of rotatable bonds is 4. The van der Waals surface area contributed by atoms with E-state index < -0.39 is 11.8 Å². The predicted octanol–water partition coefficient (Wildman–Crippen LogP) is 1.80. The van der Waals surface area contributed by atoms with Crippen LogP contribution in [0.25, 0.3) is 0 Å². The van der Waals surface area contributed by atoms with Crippen LogP contribution in [0.4, 0.5) is 10.1 Å². The minimum Gasteiger partial charge on any atom is -0.478 e. The van der Waals surface area contributed by atoms with Gasteiger partial charge < -0.3 is 15.2 Å². The van der Waals surface area contributed by atoms with Gasteiger partial charge in [-0.15, -0.1) is 0 Å². The summed E-state index contributed by atoms with van der Waals surface area (Å²) < 4.78 is 19.6. The molecule has 0 spiro atoms. The molecule has 2 saturated heterocycles. The Morgan fingerprint density at radius 3 is 3.14 bits per heavy atom. The van der Waals surface area contributed by atoms with Gasteiger partial charge in [-0.2, -0.15) is 0 Å². The van der Waals surface area contributed by atoms with Crippen LogP contribution < -0.4 is 5.32 Å². The summed E-state index contributed by atoms with van der Waals surface area (Å²) in [6, 6.07) is 4.43. The van der Waals surface area contributed by atoms with Gasteiger partial charge in [-0.3, -0.25) is 4.90 Å². The van der Waals surface area contributed by atoms with Crippen molar-refractivity contribution >= 4 is 11.7 Å². The van der Waals surface area contributed by atoms with Crippen molar-refractivity contribution in [2.75, 3.05) is 31.6 Å². The molecule has 2 atom stereocenters. The standard InChI is InChI=1S/C15H19FN2O3/c16-13-6-10(15(19)20)3-4-14(13)17-7-12-8-18-5-1-2-11(18)9-21-12/h3-4,6,11-12,17H,1-2,5,7-9H2,(H,19,20). The number of hydrogen-bond acceptors (Lipinski definition) is 4. The Hall–Kier alpha value is -1.66. The molecule has 6 heteroatoms. The third kappa shape index (κ3) is 3.16. The maximum absolute atomic E-state index is 13.8. The maximum atomic E-state index is 13.8. The monoisotopic (exact) mass is 294 g/mol. The molecule has 0 radical (unpaired) electrons. The van der Waals surface area contributed by atoms with Crippen molar-refractivity contribution in [3.05, 3.63) is 29.6 Å². The van der Waals surface area contributed by atoms with Crippen LogP contribution in [-0.2, 0) is 4.74 Å². The van der Waals surface area contributed by atoms with Gasteiger partial charge in [-0.25, -0.2) is 9.18 Å². The Kier molecular flexibility index (Phi) is 4.07. The van der Waals surface area contributed by atoms with E-state index in [1.165, 1.54) is 25.0 Å². The van der Waals surface area contributed by atoms with Crippen molar-refractivity contribution in [2.45, 2.75) is 25.0 Å². The van der Waals surface area contributed by atoms with E-state index >= 15 is 0 Å². The van der Waals surface area contributed by atoms with Crippen LogP contribution in [0.1, 0.15) is 23.2 Å². The predicted molar refractivity (Wildman–Crippen MR) is 76.2 cm³/mol. The first-order valence-corrected chi connectivity index (χ1v) is 7.26. The molecule has 2 aliphatic rings. The molecular weight excluding hydrogens is 275 g/mol. The van der Waals surface area contributed by atoms with E-state index in [0.29, 0.717) is 18.3 Å². The number of aromatic carboxylic acids is 1. The van der Waals surface area contributed by atoms with E-state index in [9.17, 15) is 9.18 Å². The lowest BCUT2D eigenvalue weighted by Crippen LogP contribution is -2.48. The number of carboxylic acids is 1. The van der Waals surface area contributed by atoms with Crippen molar-refractivity contribution in [1.82, 2.24) is 4.90 Å². The van der Waals surface area contributed by atoms with E-state index in [4.69, 9.17) is 9.84 Å². The van der Waals surface area contributed by atoms with Crippen molar-refractivity contribution in [3.8, 4) is 0 Å². The number of halogens is 1. The molecule has 2 aliphatic heterocycles. The van der Waals surface area contributed by atoms with Crippen LogP contribution in [0.5, 0.6) is 0 Å². The fraction of sp³-hybridized carbons (Fsp3) is 0.533. The van der Waals surface area contributed by atoms with Gasteiger partial charge in [0.1, 0.15) is 5.82 Å². The fourth-order valence-corrected chi connectivity index (χ4v) is 3.02. The van der Waals surface area contributed by atoms with E-state index in [1.807, 2.05) is 0 Å². The van der Waals surface area contributed by atoms with Gasteiger partial charge in [0.05, 0.1) is 24.0 Å². The topological polar surface area (TPSA) is 61.8 Å². The largest absolute Gasteiger partial charge is 0.478 e. The Bertz CT molecular complexity index is 538. The summed E-state index contributed by atoms with van der Waals surface area (Å²) in [5, 5.41) is 11.8. The van der Waals surface area contributed by atoms with Gasteiger partial charge in [0.25, 0.3) is 0 Å². The Morgan fingerprint density at radius 2 is 2.38 bits per heavy atom. The van der Waals surface area contributed by atoms with Gasteiger partial charge in [0.2, 0.25) is 0 Å². The first-order valence-electron chi connectivity index (χ1n) is 7.26. The molecule has 0 aliphatic carbocycles. The molecule has 0 bridgehead atoms. The quantitative estimate of drug-likeness (QED) is 0.886. The summed E-state index contributed by atoms with van der Waals surface area (Å²) in [4.78, 5) is 13.2. The molecule has 1 aromatic carbocycles. The highest BCUT2D eigenvalue weighted by atomic mass is 19.1. The number of hydrogen-bond donors (Lipinski definition) is 2. The molecule has 2 fully saturated rings. The average Bonchev–Trinajstić information content (AvgIpc) is 2.93. The van der Waals surface area contributed by atoms with E-state index in [2.05, 4.69) is 10.2 Å². The first-order chi connectivity index (χ1) is 10.1. The number of benzene rings is 1. The van der Waals surface area contributed by atoms with Crippen LogP contribution in [0.2, 0.25) is 0 Å². The van der Waals surface area contributed by atoms with Crippen LogP contribution >= 0.6 is 0 Å². The first kappa shape index (κ1) is 14.3. The summed E-state index contributed by atoms with van der Waals surface area (Å²) in [5.74, 6) is -1.68. The smallest absolute Gasteiger partial charge is 0.335 e. The van der Waals surface area contributed by atoms with Gasteiger partial charge in [0.15, 0.2) is 0 Å². The molecule has 21 heavy (non-hydrogen) atoms. The second-order valence-corrected chi connectivity index (χ2v) is 5.63. The highest BCUT2D eigenvalue weighted by Crippen LogP contribution is 2.23. The third-order valence-corrected chi connectivity index (χ3v) is 4.20. The zero-order chi connectivity index (χ0) is 14.8. The number of nitrogens with zero attached hydrogens (tertiary/aromatic N) is 1. The van der Waals surface area contributed by atoms with Crippen LogP contribution in [0, 0.1) is 5.82 Å². The summed E-state index contributed by atoms with van der Waals surface area (Å²) >= 11 is 0. The van der Waals surface area contributed by atoms with Crippen LogP contribution in [-0.4, -0.2) is 54.4 Å². The molecule has 1 aromatic rings. The maximum Gasteiger partial charge on any atom is 0.335 e. The van der Waals surface area contributed by atoms with Gasteiger partial charge >= 0.3 is 5.97 Å². The van der Waals surface area contributed by atoms with Crippen LogP contribution in [0.3, 0.4) is 0 Å². The summed E-state index contributed by atoms with van der Waals surface area (Å²) in [6.07, 6.45) is 2.46. The number of fused-ring (bicyclic) bond motifs is 1. The molecule has 2 N–H and O–H groups in total. The van der Waals surface area contributed by atoms with Crippen molar-refractivity contribution in [3.63, 3.8) is 0 Å². The molecule has 2 heterocycles. The molecular formula is C15H19FN2O3. The number of anilines is 1. The molecule has 3 rings (SSSR count). The van der Waals surface area contributed by atoms with Gasteiger partial charge in [-0.1, -0.05) is 0 Å². The van der Waals surface area contributed by atoms with E-state index in [-0.39, 0.29) is 11.7 Å². The second kappa shape index (κ2) is 5.99. The highest BCUT2D eigenvalue weighted by Gasteiger charge is 2.32. The number of nitrogens with one attached hydrogen (secondary N) is 1. The Balaban J connectivity index is 1.56. The molecule has 0 saturated carbocycles. The van der Waals surface area contributed by atoms with E-state index in [1.54, 1.807) is 0 Å². The fourth-order valence-electron chi connectivity index (χ4n) is 3.02. The van der Waals surface area contributed by atoms with Crippen LogP contribution in [0.15, 0.2) is 18.2 Å². The normalized spacial score (nSPS) is 25.6. The molecule has 0 aromatic heterocycles. The molecule has 0 amide bonds. The van der Waals surface area contributed by atoms with Gasteiger partial charge in [0, 0.05) is 19.1 Å². The average molecular weight is 294 g/mol. The second-order valence-electron chi connectivity index (χ2n) is 5.63. The lowest BCUT2D eigenvalue weighted by atomic mass is 10.1. The summed E-state index contributed by atoms with van der Waals surface area (Å²) in [6.45, 7) is 3.25.